The molecule has 2 rings (SSSR count). The molecule has 0 aliphatic carbocycles. The lowest BCUT2D eigenvalue weighted by Gasteiger charge is -2.08. The van der Waals surface area contributed by atoms with Crippen LogP contribution in [0.2, 0.25) is 0 Å². The zero-order chi connectivity index (χ0) is 14.8. The van der Waals surface area contributed by atoms with Gasteiger partial charge in [-0.05, 0) is 31.2 Å². The van der Waals surface area contributed by atoms with Crippen LogP contribution in [0.3, 0.4) is 0 Å². The highest BCUT2D eigenvalue weighted by Gasteiger charge is 2.31. The van der Waals surface area contributed by atoms with E-state index in [0.29, 0.717) is 37.4 Å². The maximum atomic E-state index is 13.6. The molecule has 0 aliphatic heterocycles. The summed E-state index contributed by atoms with van der Waals surface area (Å²) in [5.41, 5.74) is 4.14. The van der Waals surface area contributed by atoms with Crippen molar-refractivity contribution in [3.63, 3.8) is 0 Å². The van der Waals surface area contributed by atoms with Crippen molar-refractivity contribution in [3.8, 4) is 11.3 Å². The van der Waals surface area contributed by atoms with E-state index in [4.69, 9.17) is 10.2 Å². The predicted octanol–water partition coefficient (Wildman–Crippen LogP) is 3.39. The van der Waals surface area contributed by atoms with Gasteiger partial charge >= 0.3 is 6.18 Å². The summed E-state index contributed by atoms with van der Waals surface area (Å²) in [4.78, 5) is 3.89. The van der Waals surface area contributed by atoms with Crippen molar-refractivity contribution in [2.24, 2.45) is 5.73 Å². The number of hydrogen-bond donors (Lipinski definition) is 1. The number of rotatable bonds is 4. The maximum Gasteiger partial charge on any atom is 0.416 e. The Morgan fingerprint density at radius 1 is 1.25 bits per heavy atom. The zero-order valence-electron chi connectivity index (χ0n) is 10.4. The van der Waals surface area contributed by atoms with E-state index in [2.05, 4.69) is 4.98 Å². The molecule has 0 aliphatic rings. The first-order chi connectivity index (χ1) is 9.41. The summed E-state index contributed by atoms with van der Waals surface area (Å²) in [6.45, 7) is 0.440. The Kier molecular flexibility index (Phi) is 4.08. The highest BCUT2D eigenvalue weighted by molar-refractivity contribution is 5.58. The lowest BCUT2D eigenvalue weighted by Crippen LogP contribution is -2.05. The van der Waals surface area contributed by atoms with Gasteiger partial charge in [-0.1, -0.05) is 0 Å². The monoisotopic (exact) mass is 288 g/mol. The Morgan fingerprint density at radius 2 is 2.00 bits per heavy atom. The molecule has 3 nitrogen and oxygen atoms in total. The second kappa shape index (κ2) is 5.62. The van der Waals surface area contributed by atoms with Crippen LogP contribution in [0.4, 0.5) is 17.6 Å². The number of halogens is 4. The summed E-state index contributed by atoms with van der Waals surface area (Å²) in [5.74, 6) is -0.498. The molecule has 0 atom stereocenters. The van der Waals surface area contributed by atoms with Crippen LogP contribution >= 0.6 is 0 Å². The van der Waals surface area contributed by atoms with Crippen LogP contribution in [0.15, 0.2) is 28.8 Å². The lowest BCUT2D eigenvalue weighted by atomic mass is 10.1. The highest BCUT2D eigenvalue weighted by atomic mass is 19.4. The topological polar surface area (TPSA) is 52.0 Å². The van der Waals surface area contributed by atoms with Crippen molar-refractivity contribution >= 4 is 0 Å². The van der Waals surface area contributed by atoms with Crippen molar-refractivity contribution in [2.75, 3.05) is 6.54 Å². The van der Waals surface area contributed by atoms with Crippen LogP contribution in [0.5, 0.6) is 0 Å². The molecule has 0 spiro atoms. The van der Waals surface area contributed by atoms with E-state index >= 15 is 0 Å². The van der Waals surface area contributed by atoms with Gasteiger partial charge < -0.3 is 10.2 Å². The Bertz CT molecular complexity index is 592. The van der Waals surface area contributed by atoms with Gasteiger partial charge in [-0.15, -0.1) is 0 Å². The van der Waals surface area contributed by atoms with Crippen molar-refractivity contribution in [2.45, 2.75) is 19.0 Å². The molecular weight excluding hydrogens is 276 g/mol. The Labute approximate surface area is 112 Å². The fourth-order valence-electron chi connectivity index (χ4n) is 1.69. The Morgan fingerprint density at radius 3 is 2.65 bits per heavy atom. The van der Waals surface area contributed by atoms with Crippen LogP contribution in [0, 0.1) is 5.82 Å². The highest BCUT2D eigenvalue weighted by Crippen LogP contribution is 2.33. The first-order valence-electron chi connectivity index (χ1n) is 5.93. The molecule has 2 N–H and O–H groups in total. The molecule has 0 amide bonds. The molecule has 1 heterocycles. The first-order valence-corrected chi connectivity index (χ1v) is 5.93. The molecule has 0 saturated carbocycles. The third-order valence-corrected chi connectivity index (χ3v) is 2.71. The number of oxazole rings is 1. The van der Waals surface area contributed by atoms with Crippen molar-refractivity contribution in [3.05, 3.63) is 41.7 Å². The molecule has 2 aromatic rings. The molecule has 0 bridgehead atoms. The molecule has 0 saturated heterocycles. The van der Waals surface area contributed by atoms with E-state index in [9.17, 15) is 17.6 Å². The molecular formula is C13H12F4N2O. The van der Waals surface area contributed by atoms with Gasteiger partial charge in [0.25, 0.3) is 0 Å². The minimum atomic E-state index is -4.54. The zero-order valence-corrected chi connectivity index (χ0v) is 10.4. The summed E-state index contributed by atoms with van der Waals surface area (Å²) in [6, 6.07) is 2.16. The van der Waals surface area contributed by atoms with E-state index in [0.717, 1.165) is 6.07 Å². The minimum absolute atomic E-state index is 0.0272. The number of benzene rings is 1. The van der Waals surface area contributed by atoms with Gasteiger partial charge in [-0.2, -0.15) is 13.2 Å². The fourth-order valence-corrected chi connectivity index (χ4v) is 1.69. The molecule has 1 aromatic carbocycles. The van der Waals surface area contributed by atoms with Gasteiger partial charge in [-0.3, -0.25) is 0 Å². The number of hydrogen-bond acceptors (Lipinski definition) is 3. The smallest absolute Gasteiger partial charge is 0.416 e. The first kappa shape index (κ1) is 14.5. The third-order valence-electron chi connectivity index (χ3n) is 2.71. The molecule has 108 valence electrons. The molecule has 0 radical (unpaired) electrons. The molecule has 1 aromatic heterocycles. The summed E-state index contributed by atoms with van der Waals surface area (Å²) in [5, 5.41) is 0. The van der Waals surface area contributed by atoms with E-state index in [1.165, 1.54) is 6.20 Å². The van der Waals surface area contributed by atoms with Gasteiger partial charge in [0.05, 0.1) is 17.3 Å². The average Bonchev–Trinajstić information content (AvgIpc) is 2.84. The van der Waals surface area contributed by atoms with Crippen LogP contribution in [0.1, 0.15) is 17.9 Å². The normalized spacial score (nSPS) is 11.8. The average molecular weight is 288 g/mol. The summed E-state index contributed by atoms with van der Waals surface area (Å²) in [7, 11) is 0. The van der Waals surface area contributed by atoms with Crippen molar-refractivity contribution < 1.29 is 22.0 Å². The van der Waals surface area contributed by atoms with Crippen molar-refractivity contribution in [1.29, 1.82) is 0 Å². The number of nitrogens with zero attached hydrogens (tertiary/aromatic N) is 1. The predicted molar refractivity (Wildman–Crippen MR) is 64.3 cm³/mol. The summed E-state index contributed by atoms with van der Waals surface area (Å²) < 4.78 is 56.7. The van der Waals surface area contributed by atoms with Gasteiger partial charge in [0.15, 0.2) is 11.7 Å². The fraction of sp³-hybridized carbons (Fsp3) is 0.308. The van der Waals surface area contributed by atoms with Gasteiger partial charge in [0, 0.05) is 6.42 Å². The van der Waals surface area contributed by atoms with E-state index in [1.807, 2.05) is 0 Å². The Hall–Kier alpha value is -1.89. The van der Waals surface area contributed by atoms with E-state index in [-0.39, 0.29) is 11.3 Å². The number of aromatic nitrogens is 1. The standard InChI is InChI=1S/C13H12F4N2O/c14-10-4-3-8(13(15,16)17)6-9(10)11-7-19-12(20-11)2-1-5-18/h3-4,6-7H,1-2,5,18H2. The summed E-state index contributed by atoms with van der Waals surface area (Å²) >= 11 is 0. The SMILES string of the molecule is NCCCc1ncc(-c2cc(C(F)(F)F)ccc2F)o1. The van der Waals surface area contributed by atoms with E-state index in [1.54, 1.807) is 0 Å². The maximum absolute atomic E-state index is 13.6. The number of aryl methyl sites for hydroxylation is 1. The molecule has 7 heteroatoms. The molecule has 20 heavy (non-hydrogen) atoms. The van der Waals surface area contributed by atoms with Gasteiger partial charge in [-0.25, -0.2) is 9.37 Å². The van der Waals surface area contributed by atoms with Crippen LogP contribution < -0.4 is 5.73 Å². The van der Waals surface area contributed by atoms with Crippen molar-refractivity contribution in [1.82, 2.24) is 4.98 Å². The number of nitrogens with two attached hydrogens (primary N) is 1. The Balaban J connectivity index is 2.34. The van der Waals surface area contributed by atoms with E-state index < -0.39 is 17.6 Å². The second-order valence-corrected chi connectivity index (χ2v) is 4.20. The lowest BCUT2D eigenvalue weighted by molar-refractivity contribution is -0.137. The minimum Gasteiger partial charge on any atom is -0.441 e. The van der Waals surface area contributed by atoms with Crippen LogP contribution in [0.25, 0.3) is 11.3 Å². The van der Waals surface area contributed by atoms with Crippen LogP contribution in [-0.2, 0) is 12.6 Å². The van der Waals surface area contributed by atoms with Gasteiger partial charge in [0.1, 0.15) is 5.82 Å². The van der Waals surface area contributed by atoms with Crippen LogP contribution in [-0.4, -0.2) is 11.5 Å². The molecule has 0 fully saturated rings. The molecule has 0 unspecified atom stereocenters. The number of alkyl halides is 3. The summed E-state index contributed by atoms with van der Waals surface area (Å²) in [6.07, 6.45) is -2.24. The van der Waals surface area contributed by atoms with Gasteiger partial charge in [0.2, 0.25) is 0 Å². The second-order valence-electron chi connectivity index (χ2n) is 4.20. The third kappa shape index (κ3) is 3.16. The quantitative estimate of drug-likeness (QED) is 0.877. The largest absolute Gasteiger partial charge is 0.441 e.